The van der Waals surface area contributed by atoms with Gasteiger partial charge in [0.05, 0.1) is 0 Å². The molecule has 0 spiro atoms. The number of halogens is 1. The van der Waals surface area contributed by atoms with Gasteiger partial charge < -0.3 is 10.1 Å². The van der Waals surface area contributed by atoms with E-state index < -0.39 is 6.10 Å². The minimum Gasteiger partial charge on any atom is -0.481 e. The maximum atomic E-state index is 12.3. The van der Waals surface area contributed by atoms with Crippen LogP contribution in [0.15, 0.2) is 60.7 Å². The van der Waals surface area contributed by atoms with Crippen molar-refractivity contribution in [1.29, 1.82) is 0 Å². The van der Waals surface area contributed by atoms with Crippen LogP contribution in [-0.2, 0) is 4.79 Å². The molecule has 0 radical (unpaired) electrons. The molecule has 1 atom stereocenters. The number of ether oxygens (including phenoxy) is 1. The Kier molecular flexibility index (Phi) is 4.72. The highest BCUT2D eigenvalue weighted by molar-refractivity contribution is 6.30. The Hall–Kier alpha value is -2.52. The third kappa shape index (κ3) is 3.69. The van der Waals surface area contributed by atoms with Gasteiger partial charge in [0.1, 0.15) is 5.75 Å². The van der Waals surface area contributed by atoms with Crippen molar-refractivity contribution in [2.45, 2.75) is 20.0 Å². The van der Waals surface area contributed by atoms with Gasteiger partial charge in [0.2, 0.25) is 0 Å². The topological polar surface area (TPSA) is 38.3 Å². The van der Waals surface area contributed by atoms with E-state index in [9.17, 15) is 4.79 Å². The van der Waals surface area contributed by atoms with Gasteiger partial charge in [-0.25, -0.2) is 0 Å². The fourth-order valence-corrected chi connectivity index (χ4v) is 2.73. The molecule has 3 aromatic rings. The first-order valence-corrected chi connectivity index (χ1v) is 8.13. The van der Waals surface area contributed by atoms with Crippen molar-refractivity contribution in [1.82, 2.24) is 0 Å². The Morgan fingerprint density at radius 3 is 2.54 bits per heavy atom. The van der Waals surface area contributed by atoms with Gasteiger partial charge in [-0.2, -0.15) is 0 Å². The minimum atomic E-state index is -0.610. The number of hydrogen-bond donors (Lipinski definition) is 1. The van der Waals surface area contributed by atoms with E-state index in [2.05, 4.69) is 5.32 Å². The summed E-state index contributed by atoms with van der Waals surface area (Å²) in [5.74, 6) is 0.470. The molecule has 0 fully saturated rings. The van der Waals surface area contributed by atoms with E-state index in [0.29, 0.717) is 10.8 Å². The molecule has 0 bridgehead atoms. The average molecular weight is 340 g/mol. The number of benzene rings is 3. The normalized spacial score (nSPS) is 12.0. The van der Waals surface area contributed by atoms with Gasteiger partial charge >= 0.3 is 0 Å². The summed E-state index contributed by atoms with van der Waals surface area (Å²) in [6.07, 6.45) is -0.610. The summed E-state index contributed by atoms with van der Waals surface area (Å²) in [5, 5.41) is 5.73. The first kappa shape index (κ1) is 16.3. The quantitative estimate of drug-likeness (QED) is 0.708. The van der Waals surface area contributed by atoms with Crippen molar-refractivity contribution in [3.8, 4) is 5.75 Å². The van der Waals surface area contributed by atoms with E-state index in [-0.39, 0.29) is 5.91 Å². The molecule has 0 aromatic heterocycles. The number of rotatable bonds is 4. The predicted octanol–water partition coefficient (Wildman–Crippen LogP) is 5.21. The molecule has 24 heavy (non-hydrogen) atoms. The highest BCUT2D eigenvalue weighted by Crippen LogP contribution is 2.23. The number of anilines is 1. The molecule has 0 saturated carbocycles. The number of nitrogens with one attached hydrogen (secondary N) is 1. The van der Waals surface area contributed by atoms with Crippen LogP contribution in [0.3, 0.4) is 0 Å². The molecule has 3 aromatic carbocycles. The van der Waals surface area contributed by atoms with Gasteiger partial charge in [0.15, 0.2) is 6.10 Å². The molecule has 4 heteroatoms. The zero-order chi connectivity index (χ0) is 17.1. The third-order valence-electron chi connectivity index (χ3n) is 3.85. The summed E-state index contributed by atoms with van der Waals surface area (Å²) < 4.78 is 5.78. The van der Waals surface area contributed by atoms with Gasteiger partial charge in [-0.3, -0.25) is 4.79 Å². The summed E-state index contributed by atoms with van der Waals surface area (Å²) >= 11 is 5.93. The van der Waals surface area contributed by atoms with E-state index in [0.717, 1.165) is 22.0 Å². The molecule has 0 aliphatic carbocycles. The lowest BCUT2D eigenvalue weighted by atomic mass is 10.1. The number of hydrogen-bond acceptors (Lipinski definition) is 2. The second-order valence-corrected chi connectivity index (χ2v) is 6.15. The van der Waals surface area contributed by atoms with Crippen LogP contribution >= 0.6 is 11.6 Å². The second kappa shape index (κ2) is 6.93. The van der Waals surface area contributed by atoms with Crippen LogP contribution in [-0.4, -0.2) is 12.0 Å². The second-order valence-electron chi connectivity index (χ2n) is 5.72. The molecule has 3 rings (SSSR count). The van der Waals surface area contributed by atoms with Crippen molar-refractivity contribution in [2.75, 3.05) is 5.32 Å². The molecule has 1 N–H and O–H groups in total. The summed E-state index contributed by atoms with van der Waals surface area (Å²) in [6.45, 7) is 3.63. The molecule has 1 amide bonds. The van der Waals surface area contributed by atoms with Crippen LogP contribution in [0.5, 0.6) is 5.75 Å². The maximum absolute atomic E-state index is 12.3. The Morgan fingerprint density at radius 2 is 1.79 bits per heavy atom. The van der Waals surface area contributed by atoms with Crippen molar-refractivity contribution in [2.24, 2.45) is 0 Å². The van der Waals surface area contributed by atoms with Crippen LogP contribution in [0.25, 0.3) is 10.8 Å². The van der Waals surface area contributed by atoms with E-state index in [4.69, 9.17) is 16.3 Å². The van der Waals surface area contributed by atoms with Crippen LogP contribution < -0.4 is 10.1 Å². The Balaban J connectivity index is 1.70. The molecule has 0 heterocycles. The van der Waals surface area contributed by atoms with Crippen LogP contribution in [0.1, 0.15) is 12.5 Å². The van der Waals surface area contributed by atoms with Gasteiger partial charge in [0.25, 0.3) is 5.91 Å². The van der Waals surface area contributed by atoms with Crippen LogP contribution in [0.2, 0.25) is 5.02 Å². The Bertz CT molecular complexity index is 892. The lowest BCUT2D eigenvalue weighted by Crippen LogP contribution is -2.30. The predicted molar refractivity (Wildman–Crippen MR) is 98.9 cm³/mol. The maximum Gasteiger partial charge on any atom is 0.265 e. The summed E-state index contributed by atoms with van der Waals surface area (Å²) in [4.78, 5) is 12.3. The van der Waals surface area contributed by atoms with Gasteiger partial charge in [-0.15, -0.1) is 0 Å². The molecule has 3 nitrogen and oxygen atoms in total. The fraction of sp³-hybridized carbons (Fsp3) is 0.150. The first-order chi connectivity index (χ1) is 11.5. The molecular formula is C20H18ClNO2. The van der Waals surface area contributed by atoms with Gasteiger partial charge in [-0.05, 0) is 60.5 Å². The summed E-state index contributed by atoms with van der Waals surface area (Å²) in [5.41, 5.74) is 1.65. The van der Waals surface area contributed by atoms with E-state index in [1.54, 1.807) is 19.1 Å². The highest BCUT2D eigenvalue weighted by atomic mass is 35.5. The van der Waals surface area contributed by atoms with Gasteiger partial charge in [-0.1, -0.05) is 41.9 Å². The number of amides is 1. The summed E-state index contributed by atoms with van der Waals surface area (Å²) in [7, 11) is 0. The van der Waals surface area contributed by atoms with E-state index >= 15 is 0 Å². The van der Waals surface area contributed by atoms with Crippen molar-refractivity contribution in [3.05, 3.63) is 71.2 Å². The van der Waals surface area contributed by atoms with Crippen molar-refractivity contribution in [3.63, 3.8) is 0 Å². The standard InChI is InChI=1S/C20H18ClNO2/c1-13-11-17(21)8-10-19(13)22-20(23)14(2)24-18-9-7-15-5-3-4-6-16(15)12-18/h3-12,14H,1-2H3,(H,22,23). The number of aryl methyl sites for hydroxylation is 1. The lowest BCUT2D eigenvalue weighted by molar-refractivity contribution is -0.122. The molecular weight excluding hydrogens is 322 g/mol. The van der Waals surface area contributed by atoms with Crippen molar-refractivity contribution >= 4 is 34.0 Å². The lowest BCUT2D eigenvalue weighted by Gasteiger charge is -2.16. The fourth-order valence-electron chi connectivity index (χ4n) is 2.50. The van der Waals surface area contributed by atoms with Crippen LogP contribution in [0.4, 0.5) is 5.69 Å². The molecule has 122 valence electrons. The SMILES string of the molecule is Cc1cc(Cl)ccc1NC(=O)C(C)Oc1ccc2ccccc2c1. The zero-order valence-electron chi connectivity index (χ0n) is 13.5. The highest BCUT2D eigenvalue weighted by Gasteiger charge is 2.16. The third-order valence-corrected chi connectivity index (χ3v) is 4.08. The minimum absolute atomic E-state index is 0.200. The van der Waals surface area contributed by atoms with E-state index in [1.807, 2.05) is 55.5 Å². The molecule has 0 saturated heterocycles. The first-order valence-electron chi connectivity index (χ1n) is 7.75. The zero-order valence-corrected chi connectivity index (χ0v) is 14.3. The molecule has 0 aliphatic rings. The average Bonchev–Trinajstić information content (AvgIpc) is 2.57. The number of fused-ring (bicyclic) bond motifs is 1. The Labute approximate surface area is 146 Å². The molecule has 1 unspecified atom stereocenters. The van der Waals surface area contributed by atoms with Crippen LogP contribution in [0, 0.1) is 6.92 Å². The van der Waals surface area contributed by atoms with Crippen molar-refractivity contribution < 1.29 is 9.53 Å². The number of carbonyl (C=O) groups is 1. The Morgan fingerprint density at radius 1 is 1.04 bits per heavy atom. The van der Waals surface area contributed by atoms with E-state index in [1.165, 1.54) is 0 Å². The number of carbonyl (C=O) groups excluding carboxylic acids is 1. The summed E-state index contributed by atoms with van der Waals surface area (Å²) in [6, 6.07) is 19.2. The largest absolute Gasteiger partial charge is 0.481 e. The smallest absolute Gasteiger partial charge is 0.265 e. The molecule has 0 aliphatic heterocycles. The monoisotopic (exact) mass is 339 g/mol. The van der Waals surface area contributed by atoms with Gasteiger partial charge in [0, 0.05) is 10.7 Å².